The van der Waals surface area contributed by atoms with Gasteiger partial charge in [-0.15, -0.1) is 0 Å². The predicted molar refractivity (Wildman–Crippen MR) is 63.2 cm³/mol. The lowest BCUT2D eigenvalue weighted by Gasteiger charge is -2.23. The van der Waals surface area contributed by atoms with Crippen molar-refractivity contribution in [3.8, 4) is 0 Å². The number of aliphatic hydroxyl groups excluding tert-OH is 1. The fourth-order valence-electron chi connectivity index (χ4n) is 1.48. The summed E-state index contributed by atoms with van der Waals surface area (Å²) in [6.07, 6.45) is -0.620. The summed E-state index contributed by atoms with van der Waals surface area (Å²) in [6, 6.07) is 0. The average molecular weight is 232 g/mol. The zero-order valence-corrected chi connectivity index (χ0v) is 10.7. The molecule has 96 valence electrons. The first kappa shape index (κ1) is 15.3. The maximum Gasteiger partial charge on any atom is 0.226 e. The SMILES string of the molecule is CCNCC(C)C(=O)N(C)CC(O)COC. The largest absolute Gasteiger partial charge is 0.389 e. The van der Waals surface area contributed by atoms with Crippen molar-refractivity contribution in [2.24, 2.45) is 5.92 Å². The van der Waals surface area contributed by atoms with Crippen molar-refractivity contribution in [3.05, 3.63) is 0 Å². The van der Waals surface area contributed by atoms with E-state index >= 15 is 0 Å². The van der Waals surface area contributed by atoms with Gasteiger partial charge in [-0.1, -0.05) is 13.8 Å². The Hall–Kier alpha value is -0.650. The Bertz CT molecular complexity index is 200. The summed E-state index contributed by atoms with van der Waals surface area (Å²) >= 11 is 0. The minimum Gasteiger partial charge on any atom is -0.389 e. The molecule has 0 saturated carbocycles. The van der Waals surface area contributed by atoms with Crippen LogP contribution < -0.4 is 5.32 Å². The van der Waals surface area contributed by atoms with E-state index in [1.807, 2.05) is 13.8 Å². The fourth-order valence-corrected chi connectivity index (χ4v) is 1.48. The van der Waals surface area contributed by atoms with E-state index in [-0.39, 0.29) is 18.4 Å². The third kappa shape index (κ3) is 6.05. The Labute approximate surface area is 97.8 Å². The second-order valence-corrected chi connectivity index (χ2v) is 4.04. The molecule has 0 spiro atoms. The monoisotopic (exact) mass is 232 g/mol. The minimum absolute atomic E-state index is 0.0381. The summed E-state index contributed by atoms with van der Waals surface area (Å²) in [6.45, 7) is 5.96. The summed E-state index contributed by atoms with van der Waals surface area (Å²) in [5.74, 6) is -0.0317. The van der Waals surface area contributed by atoms with Gasteiger partial charge < -0.3 is 20.1 Å². The number of nitrogens with one attached hydrogen (secondary N) is 1. The van der Waals surface area contributed by atoms with Gasteiger partial charge in [-0.05, 0) is 6.54 Å². The smallest absolute Gasteiger partial charge is 0.226 e. The van der Waals surface area contributed by atoms with E-state index in [1.54, 1.807) is 11.9 Å². The summed E-state index contributed by atoms with van der Waals surface area (Å²) < 4.78 is 4.81. The number of methoxy groups -OCH3 is 1. The third-order valence-electron chi connectivity index (χ3n) is 2.34. The fraction of sp³-hybridized carbons (Fsp3) is 0.909. The first-order chi connectivity index (χ1) is 7.52. The number of nitrogens with zero attached hydrogens (tertiary/aromatic N) is 1. The molecule has 0 aliphatic rings. The van der Waals surface area contributed by atoms with Gasteiger partial charge in [0, 0.05) is 33.2 Å². The molecule has 5 heteroatoms. The van der Waals surface area contributed by atoms with Crippen LogP contribution in [0.3, 0.4) is 0 Å². The molecule has 2 unspecified atom stereocenters. The summed E-state index contributed by atoms with van der Waals surface area (Å²) in [7, 11) is 3.22. The normalized spacial score (nSPS) is 14.6. The summed E-state index contributed by atoms with van der Waals surface area (Å²) in [5.41, 5.74) is 0. The van der Waals surface area contributed by atoms with Gasteiger partial charge >= 0.3 is 0 Å². The van der Waals surface area contributed by atoms with Crippen molar-refractivity contribution in [2.75, 3.05) is 40.4 Å². The number of aliphatic hydroxyl groups is 1. The second-order valence-electron chi connectivity index (χ2n) is 4.04. The van der Waals surface area contributed by atoms with Crippen LogP contribution >= 0.6 is 0 Å². The average Bonchev–Trinajstić information content (AvgIpc) is 2.24. The maximum absolute atomic E-state index is 11.8. The van der Waals surface area contributed by atoms with Crippen molar-refractivity contribution in [1.82, 2.24) is 10.2 Å². The molecule has 0 aromatic heterocycles. The molecule has 0 saturated heterocycles. The Morgan fingerprint density at radius 3 is 2.69 bits per heavy atom. The number of likely N-dealkylation sites (N-methyl/N-ethyl adjacent to an activating group) is 1. The van der Waals surface area contributed by atoms with E-state index in [0.29, 0.717) is 13.1 Å². The van der Waals surface area contributed by atoms with Gasteiger partial charge in [-0.2, -0.15) is 0 Å². The Morgan fingerprint density at radius 2 is 2.19 bits per heavy atom. The lowest BCUT2D eigenvalue weighted by atomic mass is 10.1. The quantitative estimate of drug-likeness (QED) is 0.603. The van der Waals surface area contributed by atoms with Crippen LogP contribution in [-0.2, 0) is 9.53 Å². The standard InChI is InChI=1S/C11H24N2O3/c1-5-12-6-9(2)11(15)13(3)7-10(14)8-16-4/h9-10,12,14H,5-8H2,1-4H3. The first-order valence-electron chi connectivity index (χ1n) is 5.65. The molecule has 0 bridgehead atoms. The lowest BCUT2D eigenvalue weighted by molar-refractivity contribution is -0.135. The van der Waals surface area contributed by atoms with Crippen LogP contribution in [0.1, 0.15) is 13.8 Å². The number of ether oxygens (including phenoxy) is 1. The summed E-state index contributed by atoms with van der Waals surface area (Å²) in [5, 5.41) is 12.6. The second kappa shape index (κ2) is 8.50. The van der Waals surface area contributed by atoms with Crippen molar-refractivity contribution < 1.29 is 14.6 Å². The summed E-state index contributed by atoms with van der Waals surface area (Å²) in [4.78, 5) is 13.4. The number of carbonyl (C=O) groups excluding carboxylic acids is 1. The van der Waals surface area contributed by atoms with Crippen LogP contribution in [0.2, 0.25) is 0 Å². The van der Waals surface area contributed by atoms with Crippen molar-refractivity contribution in [3.63, 3.8) is 0 Å². The van der Waals surface area contributed by atoms with E-state index < -0.39 is 6.10 Å². The van der Waals surface area contributed by atoms with E-state index in [4.69, 9.17) is 4.74 Å². The van der Waals surface area contributed by atoms with Crippen molar-refractivity contribution in [1.29, 1.82) is 0 Å². The molecule has 0 aromatic carbocycles. The molecular formula is C11H24N2O3. The Balaban J connectivity index is 3.96. The van der Waals surface area contributed by atoms with Gasteiger partial charge in [-0.3, -0.25) is 4.79 Å². The third-order valence-corrected chi connectivity index (χ3v) is 2.34. The van der Waals surface area contributed by atoms with Gasteiger partial charge in [0.25, 0.3) is 0 Å². The number of carbonyl (C=O) groups is 1. The van der Waals surface area contributed by atoms with Crippen molar-refractivity contribution in [2.45, 2.75) is 20.0 Å². The molecule has 16 heavy (non-hydrogen) atoms. The van der Waals surface area contributed by atoms with Crippen LogP contribution in [-0.4, -0.2) is 62.4 Å². The molecule has 0 aliphatic heterocycles. The van der Waals surface area contributed by atoms with Gasteiger partial charge in [0.2, 0.25) is 5.91 Å². The molecule has 2 N–H and O–H groups in total. The molecule has 0 heterocycles. The topological polar surface area (TPSA) is 61.8 Å². The Kier molecular flexibility index (Phi) is 8.15. The van der Waals surface area contributed by atoms with Gasteiger partial charge in [-0.25, -0.2) is 0 Å². The highest BCUT2D eigenvalue weighted by Crippen LogP contribution is 2.01. The highest BCUT2D eigenvalue weighted by Gasteiger charge is 2.19. The zero-order chi connectivity index (χ0) is 12.6. The predicted octanol–water partition coefficient (Wildman–Crippen LogP) is -0.302. The van der Waals surface area contributed by atoms with Gasteiger partial charge in [0.05, 0.1) is 12.7 Å². The van der Waals surface area contributed by atoms with E-state index in [1.165, 1.54) is 7.11 Å². The highest BCUT2D eigenvalue weighted by molar-refractivity contribution is 5.78. The molecule has 1 amide bonds. The first-order valence-corrected chi connectivity index (χ1v) is 5.65. The molecule has 0 aliphatic carbocycles. The maximum atomic E-state index is 11.8. The van der Waals surface area contributed by atoms with Crippen LogP contribution in [0.15, 0.2) is 0 Å². The minimum atomic E-state index is -0.620. The molecular weight excluding hydrogens is 208 g/mol. The molecule has 2 atom stereocenters. The van der Waals surface area contributed by atoms with Crippen molar-refractivity contribution >= 4 is 5.91 Å². The van der Waals surface area contributed by atoms with E-state index in [9.17, 15) is 9.90 Å². The molecule has 0 fully saturated rings. The van der Waals surface area contributed by atoms with Crippen LogP contribution in [0.4, 0.5) is 0 Å². The van der Waals surface area contributed by atoms with Crippen LogP contribution in [0.25, 0.3) is 0 Å². The van der Waals surface area contributed by atoms with Crippen LogP contribution in [0, 0.1) is 5.92 Å². The van der Waals surface area contributed by atoms with Crippen LogP contribution in [0.5, 0.6) is 0 Å². The molecule has 5 nitrogen and oxygen atoms in total. The Morgan fingerprint density at radius 1 is 1.56 bits per heavy atom. The number of hydrogen-bond donors (Lipinski definition) is 2. The van der Waals surface area contributed by atoms with E-state index in [2.05, 4.69) is 5.32 Å². The van der Waals surface area contributed by atoms with E-state index in [0.717, 1.165) is 6.54 Å². The highest BCUT2D eigenvalue weighted by atomic mass is 16.5. The molecule has 0 rings (SSSR count). The molecule has 0 radical (unpaired) electrons. The zero-order valence-electron chi connectivity index (χ0n) is 10.7. The van der Waals surface area contributed by atoms with Gasteiger partial charge in [0.1, 0.15) is 0 Å². The lowest BCUT2D eigenvalue weighted by Crippen LogP contribution is -2.41. The number of hydrogen-bond acceptors (Lipinski definition) is 4. The number of amides is 1. The molecule has 0 aromatic rings. The van der Waals surface area contributed by atoms with Gasteiger partial charge in [0.15, 0.2) is 0 Å². The number of rotatable bonds is 8.